The maximum atomic E-state index is 11.1. The maximum absolute atomic E-state index is 11.1. The van der Waals surface area contributed by atoms with Crippen LogP contribution in [-0.4, -0.2) is 22.9 Å². The predicted octanol–water partition coefficient (Wildman–Crippen LogP) is 1.06. The summed E-state index contributed by atoms with van der Waals surface area (Å²) in [4.78, 5) is 14.7. The number of aromatic nitrogens is 1. The molecular formula is C10H11N2O2-. The van der Waals surface area contributed by atoms with E-state index >= 15 is 0 Å². The van der Waals surface area contributed by atoms with Crippen molar-refractivity contribution >= 4 is 6.29 Å². The topological polar surface area (TPSA) is 56.3 Å². The molecule has 0 amide bonds. The molecule has 0 aromatic carbocycles. The van der Waals surface area contributed by atoms with Crippen LogP contribution in [0.3, 0.4) is 0 Å². The molecule has 1 aliphatic heterocycles. The number of aryl methyl sites for hydroxylation is 1. The highest BCUT2D eigenvalue weighted by molar-refractivity contribution is 5.72. The molecule has 14 heavy (non-hydrogen) atoms. The molecule has 0 bridgehead atoms. The number of fused-ring (bicyclic) bond motifs is 1. The van der Waals surface area contributed by atoms with Gasteiger partial charge in [-0.3, -0.25) is 4.79 Å². The summed E-state index contributed by atoms with van der Waals surface area (Å²) < 4.78 is 0. The number of hydrogen-bond donors (Lipinski definition) is 0. The number of hydrogen-bond acceptors (Lipinski definition) is 4. The molecule has 2 rings (SSSR count). The van der Waals surface area contributed by atoms with Crippen molar-refractivity contribution in [1.82, 2.24) is 10.0 Å². The summed E-state index contributed by atoms with van der Waals surface area (Å²) >= 11 is 0. The summed E-state index contributed by atoms with van der Waals surface area (Å²) in [5, 5.41) is 12.1. The minimum atomic E-state index is 0.303. The van der Waals surface area contributed by atoms with Crippen molar-refractivity contribution in [2.24, 2.45) is 0 Å². The van der Waals surface area contributed by atoms with Gasteiger partial charge in [-0.2, -0.15) is 0 Å². The highest BCUT2D eigenvalue weighted by Gasteiger charge is 2.14. The van der Waals surface area contributed by atoms with E-state index in [2.05, 4.69) is 4.98 Å². The Morgan fingerprint density at radius 2 is 2.43 bits per heavy atom. The quantitative estimate of drug-likeness (QED) is 0.623. The van der Waals surface area contributed by atoms with Crippen LogP contribution in [-0.2, 0) is 13.0 Å². The average molecular weight is 191 g/mol. The molecule has 0 spiro atoms. The number of pyridine rings is 1. The lowest BCUT2D eigenvalue weighted by molar-refractivity contribution is 0.111. The largest absolute Gasteiger partial charge is 0.785 e. The Labute approximate surface area is 82.1 Å². The fraction of sp³-hybridized carbons (Fsp3) is 0.400. The third-order valence-electron chi connectivity index (χ3n) is 2.51. The molecule has 0 saturated heterocycles. The summed E-state index contributed by atoms with van der Waals surface area (Å²) in [5.41, 5.74) is 3.36. The van der Waals surface area contributed by atoms with Crippen LogP contribution in [0, 0.1) is 12.1 Å². The highest BCUT2D eigenvalue weighted by Crippen LogP contribution is 2.20. The Morgan fingerprint density at radius 3 is 3.14 bits per heavy atom. The second-order valence-electron chi connectivity index (χ2n) is 3.52. The molecule has 74 valence electrons. The molecule has 1 aromatic heterocycles. The second kappa shape index (κ2) is 3.48. The molecular weight excluding hydrogens is 180 g/mol. The number of carbonyl (C=O) groups is 1. The van der Waals surface area contributed by atoms with E-state index in [1.54, 1.807) is 6.07 Å². The van der Waals surface area contributed by atoms with Gasteiger partial charge in [0.25, 0.3) is 0 Å². The standard InChI is InChI=1S/C10H11N2O2/c1-7-4-8(6-13)11-10-5-12(14)3-2-9(7)10/h4,6H,2-3,5H2,1H3/q-1. The van der Waals surface area contributed by atoms with Gasteiger partial charge >= 0.3 is 0 Å². The van der Waals surface area contributed by atoms with Crippen LogP contribution in [0.15, 0.2) is 6.07 Å². The number of hydroxylamine groups is 2. The third kappa shape index (κ3) is 1.54. The van der Waals surface area contributed by atoms with Gasteiger partial charge in [0.2, 0.25) is 0 Å². The molecule has 0 aliphatic carbocycles. The minimum Gasteiger partial charge on any atom is -0.785 e. The van der Waals surface area contributed by atoms with Gasteiger partial charge < -0.3 is 10.3 Å². The summed E-state index contributed by atoms with van der Waals surface area (Å²) in [6, 6.07) is 1.77. The molecule has 0 saturated carbocycles. The molecule has 4 heteroatoms. The van der Waals surface area contributed by atoms with Gasteiger partial charge in [-0.1, -0.05) is 0 Å². The van der Waals surface area contributed by atoms with E-state index in [9.17, 15) is 10.0 Å². The third-order valence-corrected chi connectivity index (χ3v) is 2.51. The van der Waals surface area contributed by atoms with Crippen molar-refractivity contribution < 1.29 is 4.79 Å². The van der Waals surface area contributed by atoms with E-state index in [4.69, 9.17) is 0 Å². The van der Waals surface area contributed by atoms with Crippen LogP contribution in [0.25, 0.3) is 0 Å². The van der Waals surface area contributed by atoms with Crippen molar-refractivity contribution in [3.05, 3.63) is 33.8 Å². The maximum Gasteiger partial charge on any atom is 0.168 e. The lowest BCUT2D eigenvalue weighted by Gasteiger charge is -2.33. The number of carbonyl (C=O) groups excluding carboxylic acids is 1. The van der Waals surface area contributed by atoms with Gasteiger partial charge in [-0.05, 0) is 37.1 Å². The number of rotatable bonds is 1. The van der Waals surface area contributed by atoms with Crippen LogP contribution in [0.4, 0.5) is 0 Å². The molecule has 4 nitrogen and oxygen atoms in total. The Kier molecular flexibility index (Phi) is 2.31. The van der Waals surface area contributed by atoms with Gasteiger partial charge in [-0.15, -0.1) is 0 Å². The zero-order valence-electron chi connectivity index (χ0n) is 7.99. The molecule has 0 fully saturated rings. The number of nitrogens with zero attached hydrogens (tertiary/aromatic N) is 2. The monoisotopic (exact) mass is 191 g/mol. The molecule has 0 N–H and O–H groups in total. The van der Waals surface area contributed by atoms with E-state index in [1.807, 2.05) is 6.92 Å². The first-order valence-electron chi connectivity index (χ1n) is 4.57. The van der Waals surface area contributed by atoms with Crippen LogP contribution >= 0.6 is 0 Å². The molecule has 0 radical (unpaired) electrons. The van der Waals surface area contributed by atoms with E-state index in [0.717, 1.165) is 34.6 Å². The fourth-order valence-electron chi connectivity index (χ4n) is 1.81. The first kappa shape index (κ1) is 9.30. The Hall–Kier alpha value is -1.26. The van der Waals surface area contributed by atoms with Crippen LogP contribution in [0.5, 0.6) is 0 Å². The van der Waals surface area contributed by atoms with Crippen LogP contribution in [0.2, 0.25) is 0 Å². The van der Waals surface area contributed by atoms with E-state index < -0.39 is 0 Å². The molecule has 2 heterocycles. The van der Waals surface area contributed by atoms with Gasteiger partial charge in [0.05, 0.1) is 5.69 Å². The van der Waals surface area contributed by atoms with Gasteiger partial charge in [0, 0.05) is 6.54 Å². The smallest absolute Gasteiger partial charge is 0.168 e. The first-order chi connectivity index (χ1) is 6.70. The van der Waals surface area contributed by atoms with Crippen molar-refractivity contribution in [2.75, 3.05) is 6.54 Å². The van der Waals surface area contributed by atoms with Crippen LogP contribution in [0.1, 0.15) is 27.3 Å². The molecule has 1 aromatic rings. The SMILES string of the molecule is Cc1cc(C=O)nc2c1CCN([O-])C2. The first-order valence-corrected chi connectivity index (χ1v) is 4.57. The molecule has 1 aliphatic rings. The van der Waals surface area contributed by atoms with Crippen molar-refractivity contribution in [1.29, 1.82) is 0 Å². The summed E-state index contributed by atoms with van der Waals surface area (Å²) in [5.74, 6) is 0. The zero-order chi connectivity index (χ0) is 10.1. The van der Waals surface area contributed by atoms with E-state index in [1.165, 1.54) is 0 Å². The van der Waals surface area contributed by atoms with Crippen molar-refractivity contribution in [3.63, 3.8) is 0 Å². The Balaban J connectivity index is 2.48. The van der Waals surface area contributed by atoms with E-state index in [-0.39, 0.29) is 0 Å². The normalized spacial score (nSPS) is 16.4. The highest BCUT2D eigenvalue weighted by atomic mass is 16.5. The van der Waals surface area contributed by atoms with Gasteiger partial charge in [-0.25, -0.2) is 4.98 Å². The Morgan fingerprint density at radius 1 is 1.64 bits per heavy atom. The van der Waals surface area contributed by atoms with Crippen molar-refractivity contribution in [2.45, 2.75) is 19.9 Å². The molecule has 0 atom stereocenters. The predicted molar refractivity (Wildman–Crippen MR) is 51.8 cm³/mol. The van der Waals surface area contributed by atoms with Gasteiger partial charge in [0.1, 0.15) is 5.69 Å². The van der Waals surface area contributed by atoms with E-state index in [0.29, 0.717) is 18.8 Å². The molecule has 0 unspecified atom stereocenters. The Bertz CT molecular complexity index is 377. The summed E-state index contributed by atoms with van der Waals surface area (Å²) in [6.45, 7) is 2.78. The summed E-state index contributed by atoms with van der Waals surface area (Å²) in [6.07, 6.45) is 1.45. The van der Waals surface area contributed by atoms with Crippen LogP contribution < -0.4 is 0 Å². The van der Waals surface area contributed by atoms with Gasteiger partial charge in [0.15, 0.2) is 6.29 Å². The average Bonchev–Trinajstić information content (AvgIpc) is 2.16. The lowest BCUT2D eigenvalue weighted by Crippen LogP contribution is -2.27. The summed E-state index contributed by atoms with van der Waals surface area (Å²) in [7, 11) is 0. The van der Waals surface area contributed by atoms with Crippen molar-refractivity contribution in [3.8, 4) is 0 Å². The zero-order valence-corrected chi connectivity index (χ0v) is 7.99. The second-order valence-corrected chi connectivity index (χ2v) is 3.52. The number of aldehydes is 1. The lowest BCUT2D eigenvalue weighted by atomic mass is 10.0. The fourth-order valence-corrected chi connectivity index (χ4v) is 1.81. The minimum absolute atomic E-state index is 0.303.